The molecule has 0 aromatic heterocycles. The molecule has 0 aliphatic carbocycles. The molecule has 0 spiro atoms. The summed E-state index contributed by atoms with van der Waals surface area (Å²) in [6.45, 7) is 5.31. The van der Waals surface area contributed by atoms with Gasteiger partial charge in [0.2, 0.25) is 11.8 Å². The summed E-state index contributed by atoms with van der Waals surface area (Å²) in [5.74, 6) is -2.21. The van der Waals surface area contributed by atoms with Gasteiger partial charge in [0, 0.05) is 13.1 Å². The molecule has 28 heavy (non-hydrogen) atoms. The van der Waals surface area contributed by atoms with E-state index in [1.165, 1.54) is 4.90 Å². The Labute approximate surface area is 165 Å². The lowest BCUT2D eigenvalue weighted by molar-refractivity contribution is -0.149. The van der Waals surface area contributed by atoms with Crippen LogP contribution in [0.1, 0.15) is 44.7 Å². The Balaban J connectivity index is 1.98. The van der Waals surface area contributed by atoms with Crippen LogP contribution in [0.4, 0.5) is 0 Å². The number of carboxylic acids is 1. The number of piperidine rings is 1. The van der Waals surface area contributed by atoms with Crippen LogP contribution in [-0.4, -0.2) is 58.4 Å². The molecule has 3 rings (SSSR count). The van der Waals surface area contributed by atoms with Crippen molar-refractivity contribution in [2.45, 2.75) is 45.2 Å². The first kappa shape index (κ1) is 20.3. The highest BCUT2D eigenvalue weighted by molar-refractivity contribution is 5.89. The number of rotatable bonds is 4. The molecule has 2 amide bonds. The van der Waals surface area contributed by atoms with Gasteiger partial charge in [0.15, 0.2) is 0 Å². The summed E-state index contributed by atoms with van der Waals surface area (Å²) in [6.07, 6.45) is 2.09. The number of carboxylic acid groups (broad SMARTS) is 1. The Morgan fingerprint density at radius 2 is 1.89 bits per heavy atom. The molecule has 2 aliphatic rings. The van der Waals surface area contributed by atoms with Crippen molar-refractivity contribution in [3.05, 3.63) is 35.9 Å². The largest absolute Gasteiger partial charge is 0.480 e. The highest BCUT2D eigenvalue weighted by Crippen LogP contribution is 2.43. The number of nitrogens with zero attached hydrogens (tertiary/aromatic N) is 2. The van der Waals surface area contributed by atoms with Crippen molar-refractivity contribution in [1.82, 2.24) is 9.80 Å². The van der Waals surface area contributed by atoms with E-state index in [4.69, 9.17) is 5.73 Å². The van der Waals surface area contributed by atoms with E-state index in [0.29, 0.717) is 13.1 Å². The highest BCUT2D eigenvalue weighted by atomic mass is 16.4. The Morgan fingerprint density at radius 3 is 2.46 bits per heavy atom. The van der Waals surface area contributed by atoms with Crippen LogP contribution in [0.2, 0.25) is 0 Å². The molecule has 7 heteroatoms. The van der Waals surface area contributed by atoms with Gasteiger partial charge in [0.25, 0.3) is 0 Å². The molecule has 0 saturated carbocycles. The molecule has 152 valence electrons. The van der Waals surface area contributed by atoms with E-state index in [2.05, 4.69) is 13.8 Å². The van der Waals surface area contributed by atoms with Crippen LogP contribution >= 0.6 is 0 Å². The van der Waals surface area contributed by atoms with Crippen LogP contribution in [0.15, 0.2) is 30.3 Å². The zero-order valence-electron chi connectivity index (χ0n) is 16.5. The Morgan fingerprint density at radius 1 is 1.21 bits per heavy atom. The molecule has 1 aromatic rings. The molecule has 2 aliphatic heterocycles. The SMILES string of the molecule is CC1(C)CCCN(C(=O)C2CC(C(=O)O)N(C(=O)CN)C2c2ccccc2)C1. The third-order valence-electron chi connectivity index (χ3n) is 5.91. The Bertz CT molecular complexity index is 749. The van der Waals surface area contributed by atoms with Crippen LogP contribution in [0, 0.1) is 11.3 Å². The van der Waals surface area contributed by atoms with E-state index in [1.54, 1.807) is 0 Å². The number of amides is 2. The lowest BCUT2D eigenvalue weighted by Gasteiger charge is -2.40. The van der Waals surface area contributed by atoms with Gasteiger partial charge >= 0.3 is 5.97 Å². The summed E-state index contributed by atoms with van der Waals surface area (Å²) in [6, 6.07) is 7.54. The molecular weight excluding hydrogens is 358 g/mol. The quantitative estimate of drug-likeness (QED) is 0.817. The van der Waals surface area contributed by atoms with E-state index in [0.717, 1.165) is 18.4 Å². The van der Waals surface area contributed by atoms with Gasteiger partial charge in [-0.1, -0.05) is 44.2 Å². The van der Waals surface area contributed by atoms with Crippen molar-refractivity contribution >= 4 is 17.8 Å². The molecule has 3 N–H and O–H groups in total. The minimum Gasteiger partial charge on any atom is -0.480 e. The molecule has 3 atom stereocenters. The van der Waals surface area contributed by atoms with Gasteiger partial charge in [-0.15, -0.1) is 0 Å². The number of likely N-dealkylation sites (tertiary alicyclic amines) is 2. The van der Waals surface area contributed by atoms with Crippen molar-refractivity contribution in [2.24, 2.45) is 17.1 Å². The third-order valence-corrected chi connectivity index (χ3v) is 5.91. The minimum atomic E-state index is -1.10. The van der Waals surface area contributed by atoms with Gasteiger partial charge in [0.05, 0.1) is 18.5 Å². The van der Waals surface area contributed by atoms with Gasteiger partial charge in [-0.3, -0.25) is 9.59 Å². The van der Waals surface area contributed by atoms with Gasteiger partial charge in [0.1, 0.15) is 6.04 Å². The topological polar surface area (TPSA) is 104 Å². The van der Waals surface area contributed by atoms with Crippen molar-refractivity contribution in [3.8, 4) is 0 Å². The molecule has 2 heterocycles. The summed E-state index contributed by atoms with van der Waals surface area (Å²) in [4.78, 5) is 41.1. The van der Waals surface area contributed by atoms with E-state index in [1.807, 2.05) is 35.2 Å². The molecule has 7 nitrogen and oxygen atoms in total. The van der Waals surface area contributed by atoms with E-state index < -0.39 is 29.9 Å². The first-order valence-electron chi connectivity index (χ1n) is 9.83. The minimum absolute atomic E-state index is 0.0354. The number of nitrogens with two attached hydrogens (primary N) is 1. The first-order chi connectivity index (χ1) is 13.2. The van der Waals surface area contributed by atoms with Crippen LogP contribution in [0.5, 0.6) is 0 Å². The zero-order valence-corrected chi connectivity index (χ0v) is 16.5. The van der Waals surface area contributed by atoms with Crippen LogP contribution in [0.25, 0.3) is 0 Å². The summed E-state index contributed by atoms with van der Waals surface area (Å²) in [7, 11) is 0. The average Bonchev–Trinajstić information content (AvgIpc) is 3.07. The van der Waals surface area contributed by atoms with Gasteiger partial charge < -0.3 is 20.6 Å². The molecule has 3 unspecified atom stereocenters. The van der Waals surface area contributed by atoms with Crippen LogP contribution < -0.4 is 5.73 Å². The van der Waals surface area contributed by atoms with Gasteiger partial charge in [-0.2, -0.15) is 0 Å². The number of hydrogen-bond acceptors (Lipinski definition) is 4. The number of benzene rings is 1. The lowest BCUT2D eigenvalue weighted by Crippen LogP contribution is -2.48. The normalized spacial score (nSPS) is 26.9. The predicted molar refractivity (Wildman–Crippen MR) is 104 cm³/mol. The highest BCUT2D eigenvalue weighted by Gasteiger charge is 2.51. The third kappa shape index (κ3) is 3.90. The molecular formula is C21H29N3O4. The fourth-order valence-corrected chi connectivity index (χ4v) is 4.65. The second kappa shape index (κ2) is 7.91. The zero-order chi connectivity index (χ0) is 20.5. The van der Waals surface area contributed by atoms with E-state index in [9.17, 15) is 19.5 Å². The smallest absolute Gasteiger partial charge is 0.326 e. The average molecular weight is 387 g/mol. The molecule has 2 fully saturated rings. The van der Waals surface area contributed by atoms with E-state index in [-0.39, 0.29) is 24.3 Å². The lowest BCUT2D eigenvalue weighted by atomic mass is 9.83. The van der Waals surface area contributed by atoms with E-state index >= 15 is 0 Å². The number of carbonyl (C=O) groups is 3. The number of hydrogen-bond donors (Lipinski definition) is 2. The maximum absolute atomic E-state index is 13.5. The molecule has 2 saturated heterocycles. The fourth-order valence-electron chi connectivity index (χ4n) is 4.65. The molecule has 0 radical (unpaired) electrons. The van der Waals surface area contributed by atoms with Crippen molar-refractivity contribution in [3.63, 3.8) is 0 Å². The van der Waals surface area contributed by atoms with Gasteiger partial charge in [-0.05, 0) is 30.2 Å². The van der Waals surface area contributed by atoms with Crippen LogP contribution in [-0.2, 0) is 14.4 Å². The van der Waals surface area contributed by atoms with Gasteiger partial charge in [-0.25, -0.2) is 4.79 Å². The maximum Gasteiger partial charge on any atom is 0.326 e. The van der Waals surface area contributed by atoms with Crippen molar-refractivity contribution < 1.29 is 19.5 Å². The summed E-state index contributed by atoms with van der Waals surface area (Å²) in [5, 5.41) is 9.73. The standard InChI is InChI=1S/C21H29N3O4/c1-21(2)9-6-10-23(13-21)19(26)15-11-16(20(27)28)24(17(25)12-22)18(15)14-7-4-3-5-8-14/h3-5,7-8,15-16,18H,6,9-13,22H2,1-2H3,(H,27,28). The Kier molecular flexibility index (Phi) is 5.74. The molecule has 0 bridgehead atoms. The summed E-state index contributed by atoms with van der Waals surface area (Å²) >= 11 is 0. The van der Waals surface area contributed by atoms with Crippen molar-refractivity contribution in [1.29, 1.82) is 0 Å². The summed E-state index contributed by atoms with van der Waals surface area (Å²) in [5.41, 5.74) is 6.38. The monoisotopic (exact) mass is 387 g/mol. The molecule has 1 aromatic carbocycles. The number of carbonyl (C=O) groups excluding carboxylic acids is 2. The predicted octanol–water partition coefficient (Wildman–Crippen LogP) is 1.64. The Hall–Kier alpha value is -2.41. The summed E-state index contributed by atoms with van der Waals surface area (Å²) < 4.78 is 0. The number of aliphatic carboxylic acids is 1. The van der Waals surface area contributed by atoms with Crippen LogP contribution in [0.3, 0.4) is 0 Å². The maximum atomic E-state index is 13.5. The second-order valence-electron chi connectivity index (χ2n) is 8.58. The van der Waals surface area contributed by atoms with Crippen molar-refractivity contribution in [2.75, 3.05) is 19.6 Å². The fraction of sp³-hybridized carbons (Fsp3) is 0.571. The first-order valence-corrected chi connectivity index (χ1v) is 9.83. The second-order valence-corrected chi connectivity index (χ2v) is 8.58.